The SMILES string of the molecule is c1ccc(CC2CC(C3c4ccccc4Cn4c3nc3ccccc34)CCN2)cc1. The number of para-hydroxylation sites is 2. The highest BCUT2D eigenvalue weighted by Gasteiger charge is 2.37. The number of hydrogen-bond donors (Lipinski definition) is 1. The fourth-order valence-corrected chi connectivity index (χ4v) is 5.65. The molecule has 0 radical (unpaired) electrons. The van der Waals surface area contributed by atoms with Crippen molar-refractivity contribution < 1.29 is 0 Å². The number of fused-ring (bicyclic) bond motifs is 4. The van der Waals surface area contributed by atoms with Crippen LogP contribution in [0.1, 0.15) is 41.3 Å². The van der Waals surface area contributed by atoms with E-state index in [-0.39, 0.29) is 0 Å². The Balaban J connectivity index is 1.38. The van der Waals surface area contributed by atoms with Crippen LogP contribution in [0.2, 0.25) is 0 Å². The van der Waals surface area contributed by atoms with Gasteiger partial charge in [-0.1, -0.05) is 66.7 Å². The fourth-order valence-electron chi connectivity index (χ4n) is 5.65. The lowest BCUT2D eigenvalue weighted by molar-refractivity contribution is 0.268. The molecule has 30 heavy (non-hydrogen) atoms. The maximum absolute atomic E-state index is 5.16. The Bertz CT molecular complexity index is 1180. The predicted octanol–water partition coefficient (Wildman–Crippen LogP) is 5.14. The average Bonchev–Trinajstić information content (AvgIpc) is 3.16. The van der Waals surface area contributed by atoms with Crippen molar-refractivity contribution in [1.82, 2.24) is 14.9 Å². The second-order valence-electron chi connectivity index (χ2n) is 8.85. The molecule has 0 spiro atoms. The van der Waals surface area contributed by atoms with Crippen LogP contribution in [0.3, 0.4) is 0 Å². The molecule has 1 N–H and O–H groups in total. The lowest BCUT2D eigenvalue weighted by atomic mass is 9.74. The molecular formula is C27H27N3. The third-order valence-corrected chi connectivity index (χ3v) is 7.01. The van der Waals surface area contributed by atoms with E-state index < -0.39 is 0 Å². The Morgan fingerprint density at radius 1 is 0.900 bits per heavy atom. The van der Waals surface area contributed by atoms with Crippen molar-refractivity contribution in [3.8, 4) is 0 Å². The van der Waals surface area contributed by atoms with Gasteiger partial charge in [0.15, 0.2) is 0 Å². The van der Waals surface area contributed by atoms with Gasteiger partial charge in [-0.2, -0.15) is 0 Å². The minimum atomic E-state index is 0.378. The summed E-state index contributed by atoms with van der Waals surface area (Å²) in [6, 6.07) is 29.1. The molecule has 0 bridgehead atoms. The van der Waals surface area contributed by atoms with Gasteiger partial charge in [0.2, 0.25) is 0 Å². The monoisotopic (exact) mass is 393 g/mol. The van der Waals surface area contributed by atoms with Crippen LogP contribution in [0, 0.1) is 5.92 Å². The van der Waals surface area contributed by atoms with Gasteiger partial charge in [0.05, 0.1) is 11.0 Å². The molecule has 3 atom stereocenters. The van der Waals surface area contributed by atoms with E-state index >= 15 is 0 Å². The van der Waals surface area contributed by atoms with Gasteiger partial charge in [0.1, 0.15) is 5.82 Å². The van der Waals surface area contributed by atoms with Gasteiger partial charge in [-0.25, -0.2) is 4.98 Å². The summed E-state index contributed by atoms with van der Waals surface area (Å²) in [7, 11) is 0. The standard InChI is InChI=1S/C27H27N3/c1-2-8-19(9-3-1)16-22-17-20(14-15-28-22)26-23-11-5-4-10-21(23)18-30-25-13-7-6-12-24(25)29-27(26)30/h1-13,20,22,26,28H,14-18H2. The smallest absolute Gasteiger partial charge is 0.118 e. The van der Waals surface area contributed by atoms with Crippen LogP contribution in [0.15, 0.2) is 78.9 Å². The molecule has 0 aliphatic carbocycles. The van der Waals surface area contributed by atoms with Crippen LogP contribution < -0.4 is 5.32 Å². The first-order valence-corrected chi connectivity index (χ1v) is 11.2. The van der Waals surface area contributed by atoms with Crippen LogP contribution in [0.5, 0.6) is 0 Å². The Morgan fingerprint density at radius 2 is 1.70 bits per heavy atom. The largest absolute Gasteiger partial charge is 0.323 e. The Morgan fingerprint density at radius 3 is 2.63 bits per heavy atom. The molecular weight excluding hydrogens is 366 g/mol. The Hall–Kier alpha value is -2.91. The maximum Gasteiger partial charge on any atom is 0.118 e. The molecule has 2 aliphatic heterocycles. The molecule has 3 aromatic carbocycles. The average molecular weight is 394 g/mol. The molecule has 0 saturated carbocycles. The van der Waals surface area contributed by atoms with Crippen LogP contribution in [-0.4, -0.2) is 22.1 Å². The molecule has 4 aromatic rings. The summed E-state index contributed by atoms with van der Waals surface area (Å²) in [4.78, 5) is 5.16. The van der Waals surface area contributed by atoms with Gasteiger partial charge >= 0.3 is 0 Å². The summed E-state index contributed by atoms with van der Waals surface area (Å²) < 4.78 is 2.47. The molecule has 1 aromatic heterocycles. The maximum atomic E-state index is 5.16. The molecule has 1 fully saturated rings. The number of rotatable bonds is 3. The summed E-state index contributed by atoms with van der Waals surface area (Å²) in [6.45, 7) is 2.02. The highest BCUT2D eigenvalue weighted by Crippen LogP contribution is 2.43. The minimum Gasteiger partial charge on any atom is -0.323 e. The minimum absolute atomic E-state index is 0.378. The van der Waals surface area contributed by atoms with Crippen LogP contribution in [0.4, 0.5) is 0 Å². The van der Waals surface area contributed by atoms with Gasteiger partial charge in [-0.15, -0.1) is 0 Å². The highest BCUT2D eigenvalue weighted by molar-refractivity contribution is 5.76. The molecule has 1 saturated heterocycles. The van der Waals surface area contributed by atoms with Crippen LogP contribution >= 0.6 is 0 Å². The molecule has 0 amide bonds. The number of nitrogens with one attached hydrogen (secondary N) is 1. The topological polar surface area (TPSA) is 29.9 Å². The zero-order valence-corrected chi connectivity index (χ0v) is 17.2. The Labute approximate surface area is 177 Å². The van der Waals surface area contributed by atoms with Crippen molar-refractivity contribution in [2.24, 2.45) is 5.92 Å². The van der Waals surface area contributed by atoms with Gasteiger partial charge in [-0.3, -0.25) is 0 Å². The Kier molecular flexibility index (Phi) is 4.42. The summed E-state index contributed by atoms with van der Waals surface area (Å²) in [6.07, 6.45) is 3.49. The van der Waals surface area contributed by atoms with Crippen molar-refractivity contribution in [2.75, 3.05) is 6.54 Å². The number of imidazole rings is 1. The summed E-state index contributed by atoms with van der Waals surface area (Å²) >= 11 is 0. The van der Waals surface area contributed by atoms with Crippen molar-refractivity contribution in [3.63, 3.8) is 0 Å². The van der Waals surface area contributed by atoms with E-state index in [0.717, 1.165) is 25.0 Å². The molecule has 3 heterocycles. The van der Waals surface area contributed by atoms with E-state index in [1.165, 1.54) is 40.9 Å². The van der Waals surface area contributed by atoms with Gasteiger partial charge < -0.3 is 9.88 Å². The lowest BCUT2D eigenvalue weighted by Gasteiger charge is -2.38. The molecule has 3 heteroatoms. The van der Waals surface area contributed by atoms with Crippen LogP contribution in [-0.2, 0) is 13.0 Å². The quantitative estimate of drug-likeness (QED) is 0.522. The van der Waals surface area contributed by atoms with Crippen molar-refractivity contribution >= 4 is 11.0 Å². The number of nitrogens with zero attached hydrogens (tertiary/aromatic N) is 2. The summed E-state index contributed by atoms with van der Waals surface area (Å²) in [5.41, 5.74) is 6.76. The van der Waals surface area contributed by atoms with E-state index in [9.17, 15) is 0 Å². The normalized spacial score (nSPS) is 23.1. The van der Waals surface area contributed by atoms with Gasteiger partial charge in [-0.05, 0) is 60.5 Å². The highest BCUT2D eigenvalue weighted by atomic mass is 15.1. The first kappa shape index (κ1) is 17.9. The summed E-state index contributed by atoms with van der Waals surface area (Å²) in [5.74, 6) is 2.25. The molecule has 6 rings (SSSR count). The van der Waals surface area contributed by atoms with Gasteiger partial charge in [0.25, 0.3) is 0 Å². The van der Waals surface area contributed by atoms with E-state index in [1.807, 2.05) is 0 Å². The fraction of sp³-hybridized carbons (Fsp3) is 0.296. The number of benzene rings is 3. The second-order valence-corrected chi connectivity index (χ2v) is 8.85. The number of aromatic nitrogens is 2. The van der Waals surface area contributed by atoms with Crippen molar-refractivity contribution in [1.29, 1.82) is 0 Å². The lowest BCUT2D eigenvalue weighted by Crippen LogP contribution is -2.42. The second kappa shape index (κ2) is 7.41. The number of hydrogen-bond acceptors (Lipinski definition) is 2. The zero-order chi connectivity index (χ0) is 19.9. The third kappa shape index (κ3) is 3.05. The first-order chi connectivity index (χ1) is 14.9. The van der Waals surface area contributed by atoms with Crippen molar-refractivity contribution in [2.45, 2.75) is 37.8 Å². The molecule has 150 valence electrons. The van der Waals surface area contributed by atoms with Crippen molar-refractivity contribution in [3.05, 3.63) is 101 Å². The number of piperidine rings is 1. The van der Waals surface area contributed by atoms with Gasteiger partial charge in [0, 0.05) is 18.5 Å². The molecule has 3 unspecified atom stereocenters. The van der Waals surface area contributed by atoms with E-state index in [1.54, 1.807) is 0 Å². The zero-order valence-electron chi connectivity index (χ0n) is 17.2. The predicted molar refractivity (Wildman–Crippen MR) is 122 cm³/mol. The third-order valence-electron chi connectivity index (χ3n) is 7.01. The van der Waals surface area contributed by atoms with Crippen LogP contribution in [0.25, 0.3) is 11.0 Å². The first-order valence-electron chi connectivity index (χ1n) is 11.2. The van der Waals surface area contributed by atoms with E-state index in [2.05, 4.69) is 88.7 Å². The van der Waals surface area contributed by atoms with E-state index in [0.29, 0.717) is 17.9 Å². The molecule has 2 aliphatic rings. The summed E-state index contributed by atoms with van der Waals surface area (Å²) in [5, 5.41) is 3.78. The van der Waals surface area contributed by atoms with E-state index in [4.69, 9.17) is 4.98 Å². The molecule has 3 nitrogen and oxygen atoms in total.